The fourth-order valence-electron chi connectivity index (χ4n) is 2.47. The van der Waals surface area contributed by atoms with E-state index in [1.165, 1.54) is 11.3 Å². The molecule has 108 valence electrons. The lowest BCUT2D eigenvalue weighted by Gasteiger charge is -2.32. The molecule has 0 amide bonds. The summed E-state index contributed by atoms with van der Waals surface area (Å²) in [6.45, 7) is 3.64. The minimum atomic E-state index is 0.197. The maximum absolute atomic E-state index is 9.21. The molecule has 2 aromatic rings. The van der Waals surface area contributed by atoms with Crippen molar-refractivity contribution >= 4 is 17.2 Å². The van der Waals surface area contributed by atoms with Gasteiger partial charge in [0.1, 0.15) is 18.0 Å². The lowest BCUT2D eigenvalue weighted by Crippen LogP contribution is -2.39. The third-order valence-corrected chi connectivity index (χ3v) is 4.21. The third kappa shape index (κ3) is 3.14. The fourth-order valence-corrected chi connectivity index (χ4v) is 3.02. The van der Waals surface area contributed by atoms with Gasteiger partial charge < -0.3 is 9.64 Å². The van der Waals surface area contributed by atoms with Crippen LogP contribution in [0.5, 0.6) is 5.19 Å². The normalized spacial score (nSPS) is 15.7. The molecule has 0 aliphatic carbocycles. The van der Waals surface area contributed by atoms with E-state index in [9.17, 15) is 5.26 Å². The average Bonchev–Trinajstić information content (AvgIpc) is 3.01. The highest BCUT2D eigenvalue weighted by Crippen LogP contribution is 2.25. The maximum atomic E-state index is 9.21. The Hall–Kier alpha value is -2.13. The first kappa shape index (κ1) is 13.8. The quantitative estimate of drug-likeness (QED) is 0.872. The number of rotatable bonds is 3. The topological polar surface area (TPSA) is 62.0 Å². The molecule has 1 fully saturated rings. The first-order valence-corrected chi connectivity index (χ1v) is 7.83. The van der Waals surface area contributed by atoms with Gasteiger partial charge in [-0.25, -0.2) is 9.97 Å². The van der Waals surface area contributed by atoms with Gasteiger partial charge >= 0.3 is 0 Å². The number of hydrogen-bond donors (Lipinski definition) is 0. The van der Waals surface area contributed by atoms with Gasteiger partial charge in [-0.2, -0.15) is 5.26 Å². The Morgan fingerprint density at radius 3 is 2.86 bits per heavy atom. The van der Waals surface area contributed by atoms with E-state index in [-0.39, 0.29) is 6.10 Å². The van der Waals surface area contributed by atoms with Crippen molar-refractivity contribution in [2.45, 2.75) is 25.9 Å². The van der Waals surface area contributed by atoms with Gasteiger partial charge in [0.2, 0.25) is 0 Å². The number of hydrogen-bond acceptors (Lipinski definition) is 6. The predicted octanol–water partition coefficient (Wildman–Crippen LogP) is 2.77. The lowest BCUT2D eigenvalue weighted by molar-refractivity contribution is 0.170. The van der Waals surface area contributed by atoms with Crippen LogP contribution in [0.4, 0.5) is 5.82 Å². The molecule has 0 atom stereocenters. The Balaban J connectivity index is 1.66. The lowest BCUT2D eigenvalue weighted by atomic mass is 10.1. The molecule has 1 aliphatic rings. The summed E-state index contributed by atoms with van der Waals surface area (Å²) >= 11 is 1.52. The number of aryl methyl sites for hydroxylation is 1. The first-order chi connectivity index (χ1) is 10.3. The maximum Gasteiger partial charge on any atom is 0.273 e. The molecule has 1 saturated heterocycles. The number of ether oxygens (including phenoxy) is 1. The molecule has 21 heavy (non-hydrogen) atoms. The Labute approximate surface area is 127 Å². The second kappa shape index (κ2) is 6.10. The molecule has 0 spiro atoms. The van der Waals surface area contributed by atoms with Crippen LogP contribution in [-0.4, -0.2) is 29.2 Å². The van der Waals surface area contributed by atoms with Crippen LogP contribution in [0.2, 0.25) is 0 Å². The van der Waals surface area contributed by atoms with Crippen molar-refractivity contribution in [2.75, 3.05) is 18.0 Å². The van der Waals surface area contributed by atoms with E-state index in [1.54, 1.807) is 6.20 Å². The van der Waals surface area contributed by atoms with E-state index < -0.39 is 0 Å². The van der Waals surface area contributed by atoms with Gasteiger partial charge in [0.25, 0.3) is 5.19 Å². The molecular weight excluding hydrogens is 284 g/mol. The number of piperidine rings is 1. The molecule has 5 nitrogen and oxygen atoms in total. The molecular formula is C15H16N4OS. The predicted molar refractivity (Wildman–Crippen MR) is 81.7 cm³/mol. The molecule has 3 rings (SSSR count). The van der Waals surface area contributed by atoms with Crippen LogP contribution < -0.4 is 9.64 Å². The van der Waals surface area contributed by atoms with E-state index in [0.29, 0.717) is 5.56 Å². The SMILES string of the molecule is Cc1ccc(C#N)c(N2CCC(Oc3nccs3)CC2)n1. The van der Waals surface area contributed by atoms with Crippen LogP contribution in [0.25, 0.3) is 0 Å². The number of nitriles is 1. The highest BCUT2D eigenvalue weighted by atomic mass is 32.1. The standard InChI is InChI=1S/C15H16N4OS/c1-11-2-3-12(10-16)14(18-11)19-7-4-13(5-8-19)20-15-17-6-9-21-15/h2-3,6,9,13H,4-5,7-8H2,1H3. The average molecular weight is 300 g/mol. The molecule has 0 saturated carbocycles. The zero-order chi connectivity index (χ0) is 14.7. The number of anilines is 1. The summed E-state index contributed by atoms with van der Waals surface area (Å²) in [5, 5.41) is 11.9. The highest BCUT2D eigenvalue weighted by molar-refractivity contribution is 7.11. The molecule has 1 aliphatic heterocycles. The molecule has 2 aromatic heterocycles. The summed E-state index contributed by atoms with van der Waals surface area (Å²) in [6.07, 6.45) is 3.79. The van der Waals surface area contributed by atoms with Gasteiger partial charge in [-0.3, -0.25) is 0 Å². The molecule has 0 radical (unpaired) electrons. The van der Waals surface area contributed by atoms with Crippen LogP contribution in [0.3, 0.4) is 0 Å². The zero-order valence-electron chi connectivity index (χ0n) is 11.8. The summed E-state index contributed by atoms with van der Waals surface area (Å²) < 4.78 is 5.86. The first-order valence-electron chi connectivity index (χ1n) is 6.95. The van der Waals surface area contributed by atoms with Crippen molar-refractivity contribution in [1.29, 1.82) is 5.26 Å². The smallest absolute Gasteiger partial charge is 0.273 e. The zero-order valence-corrected chi connectivity index (χ0v) is 12.6. The van der Waals surface area contributed by atoms with Crippen LogP contribution >= 0.6 is 11.3 Å². The van der Waals surface area contributed by atoms with Crippen molar-refractivity contribution in [3.63, 3.8) is 0 Å². The number of thiazole rings is 1. The Morgan fingerprint density at radius 2 is 2.19 bits per heavy atom. The monoisotopic (exact) mass is 300 g/mol. The number of nitrogens with zero attached hydrogens (tertiary/aromatic N) is 4. The van der Waals surface area contributed by atoms with Gasteiger partial charge in [-0.1, -0.05) is 11.3 Å². The number of pyridine rings is 1. The van der Waals surface area contributed by atoms with E-state index in [1.807, 2.05) is 24.4 Å². The van der Waals surface area contributed by atoms with Crippen LogP contribution in [0.1, 0.15) is 24.1 Å². The van der Waals surface area contributed by atoms with Gasteiger partial charge in [-0.15, -0.1) is 0 Å². The van der Waals surface area contributed by atoms with E-state index in [0.717, 1.165) is 42.6 Å². The third-order valence-electron chi connectivity index (χ3n) is 3.55. The van der Waals surface area contributed by atoms with Crippen LogP contribution in [-0.2, 0) is 0 Å². The second-order valence-electron chi connectivity index (χ2n) is 5.04. The molecule has 3 heterocycles. The van der Waals surface area contributed by atoms with Crippen molar-refractivity contribution in [1.82, 2.24) is 9.97 Å². The van der Waals surface area contributed by atoms with Gasteiger partial charge in [0.15, 0.2) is 0 Å². The van der Waals surface area contributed by atoms with Crippen LogP contribution in [0, 0.1) is 18.3 Å². The Morgan fingerprint density at radius 1 is 1.38 bits per heavy atom. The summed E-state index contributed by atoms with van der Waals surface area (Å²) in [5.74, 6) is 0.796. The number of aromatic nitrogens is 2. The minimum Gasteiger partial charge on any atom is -0.467 e. The molecule has 0 bridgehead atoms. The van der Waals surface area contributed by atoms with E-state index >= 15 is 0 Å². The van der Waals surface area contributed by atoms with Gasteiger partial charge in [0.05, 0.1) is 5.56 Å². The second-order valence-corrected chi connectivity index (χ2v) is 5.89. The largest absolute Gasteiger partial charge is 0.467 e. The molecule has 0 N–H and O–H groups in total. The van der Waals surface area contributed by atoms with Crippen molar-refractivity contribution < 1.29 is 4.74 Å². The van der Waals surface area contributed by atoms with Crippen molar-refractivity contribution in [3.8, 4) is 11.3 Å². The molecule has 0 unspecified atom stereocenters. The van der Waals surface area contributed by atoms with Gasteiger partial charge in [-0.05, 0) is 19.1 Å². The van der Waals surface area contributed by atoms with Crippen molar-refractivity contribution in [3.05, 3.63) is 35.0 Å². The van der Waals surface area contributed by atoms with Crippen LogP contribution in [0.15, 0.2) is 23.7 Å². The Kier molecular flexibility index (Phi) is 4.02. The summed E-state index contributed by atoms with van der Waals surface area (Å²) in [5.41, 5.74) is 1.57. The van der Waals surface area contributed by atoms with Crippen molar-refractivity contribution in [2.24, 2.45) is 0 Å². The summed E-state index contributed by atoms with van der Waals surface area (Å²) in [7, 11) is 0. The highest BCUT2D eigenvalue weighted by Gasteiger charge is 2.23. The molecule has 6 heteroatoms. The van der Waals surface area contributed by atoms with Gasteiger partial charge in [0, 0.05) is 43.2 Å². The minimum absolute atomic E-state index is 0.197. The fraction of sp³-hybridized carbons (Fsp3) is 0.400. The van der Waals surface area contributed by atoms with E-state index in [2.05, 4.69) is 20.9 Å². The summed E-state index contributed by atoms with van der Waals surface area (Å²) in [6, 6.07) is 5.94. The Bertz CT molecular complexity index is 642. The summed E-state index contributed by atoms with van der Waals surface area (Å²) in [4.78, 5) is 10.8. The molecule has 0 aromatic carbocycles. The van der Waals surface area contributed by atoms with E-state index in [4.69, 9.17) is 4.74 Å².